The average Bonchev–Trinajstić information content (AvgIpc) is 2.74. The molecule has 0 fully saturated rings. The second-order valence-corrected chi connectivity index (χ2v) is 3.70. The van der Waals surface area contributed by atoms with Crippen LogP contribution < -0.4 is 15.8 Å². The van der Waals surface area contributed by atoms with Crippen molar-refractivity contribution in [3.05, 3.63) is 35.7 Å². The first kappa shape index (κ1) is 11.3. The number of ether oxygens (including phenoxy) is 1. The second kappa shape index (κ2) is 4.78. The monoisotopic (exact) mass is 233 g/mol. The van der Waals surface area contributed by atoms with Gasteiger partial charge in [-0.2, -0.15) is 0 Å². The van der Waals surface area contributed by atoms with Crippen LogP contribution in [0.5, 0.6) is 5.75 Å². The van der Waals surface area contributed by atoms with Gasteiger partial charge in [-0.05, 0) is 19.1 Å². The molecule has 0 saturated heterocycles. The van der Waals surface area contributed by atoms with E-state index in [1.165, 1.54) is 0 Å². The van der Waals surface area contributed by atoms with Gasteiger partial charge in [0.05, 0.1) is 25.0 Å². The Morgan fingerprint density at radius 1 is 1.47 bits per heavy atom. The number of hydrogen-bond donors (Lipinski definition) is 2. The Morgan fingerprint density at radius 3 is 2.94 bits per heavy atom. The summed E-state index contributed by atoms with van der Waals surface area (Å²) in [6, 6.07) is 7.47. The smallest absolute Gasteiger partial charge is 0.143 e. The van der Waals surface area contributed by atoms with Crippen molar-refractivity contribution in [2.45, 2.75) is 13.5 Å². The number of nitrogens with one attached hydrogen (secondary N) is 1. The third kappa shape index (κ3) is 2.50. The Labute approximate surface area is 99.6 Å². The standard InChI is InChI=1S/C12H15N3O2/c1-8-6-9(15-17-8)7-14-10-4-3-5-11(16-2)12(10)13/h3-6,14H,7,13H2,1-2H3. The number of aromatic nitrogens is 1. The van der Waals surface area contributed by atoms with Crippen molar-refractivity contribution in [1.29, 1.82) is 0 Å². The Hall–Kier alpha value is -2.17. The van der Waals surface area contributed by atoms with E-state index in [0.29, 0.717) is 18.0 Å². The lowest BCUT2D eigenvalue weighted by atomic mass is 10.2. The molecule has 1 aromatic carbocycles. The van der Waals surface area contributed by atoms with Crippen molar-refractivity contribution in [3.63, 3.8) is 0 Å². The number of rotatable bonds is 4. The largest absolute Gasteiger partial charge is 0.495 e. The van der Waals surface area contributed by atoms with Crippen LogP contribution in [0.2, 0.25) is 0 Å². The summed E-state index contributed by atoms with van der Waals surface area (Å²) in [7, 11) is 1.59. The number of hydrogen-bond acceptors (Lipinski definition) is 5. The molecule has 2 rings (SSSR count). The van der Waals surface area contributed by atoms with Gasteiger partial charge in [0.1, 0.15) is 17.2 Å². The second-order valence-electron chi connectivity index (χ2n) is 3.70. The highest BCUT2D eigenvalue weighted by Gasteiger charge is 2.05. The van der Waals surface area contributed by atoms with E-state index in [-0.39, 0.29) is 0 Å². The highest BCUT2D eigenvalue weighted by molar-refractivity contribution is 5.72. The summed E-state index contributed by atoms with van der Waals surface area (Å²) in [5, 5.41) is 7.08. The Balaban J connectivity index is 2.09. The topological polar surface area (TPSA) is 73.3 Å². The molecule has 17 heavy (non-hydrogen) atoms. The van der Waals surface area contributed by atoms with Gasteiger partial charge in [0.15, 0.2) is 0 Å². The van der Waals surface area contributed by atoms with Gasteiger partial charge in [0.2, 0.25) is 0 Å². The number of nitrogen functional groups attached to an aromatic ring is 1. The number of nitrogens with zero attached hydrogens (tertiary/aromatic N) is 1. The molecule has 0 amide bonds. The molecule has 2 aromatic rings. The Kier molecular flexibility index (Phi) is 3.18. The third-order valence-corrected chi connectivity index (χ3v) is 2.42. The highest BCUT2D eigenvalue weighted by Crippen LogP contribution is 2.29. The fourth-order valence-corrected chi connectivity index (χ4v) is 1.56. The average molecular weight is 233 g/mol. The summed E-state index contributed by atoms with van der Waals surface area (Å²) in [6.45, 7) is 2.42. The zero-order valence-corrected chi connectivity index (χ0v) is 9.86. The number of benzene rings is 1. The van der Waals surface area contributed by atoms with Crippen LogP contribution in [0.15, 0.2) is 28.8 Å². The van der Waals surface area contributed by atoms with E-state index in [1.807, 2.05) is 31.2 Å². The summed E-state index contributed by atoms with van der Waals surface area (Å²) in [6.07, 6.45) is 0. The van der Waals surface area contributed by atoms with Gasteiger partial charge in [0.25, 0.3) is 0 Å². The van der Waals surface area contributed by atoms with Crippen LogP contribution >= 0.6 is 0 Å². The van der Waals surface area contributed by atoms with Gasteiger partial charge >= 0.3 is 0 Å². The fraction of sp³-hybridized carbons (Fsp3) is 0.250. The van der Waals surface area contributed by atoms with Crippen molar-refractivity contribution in [3.8, 4) is 5.75 Å². The molecule has 0 spiro atoms. The van der Waals surface area contributed by atoms with E-state index in [9.17, 15) is 0 Å². The van der Waals surface area contributed by atoms with E-state index in [1.54, 1.807) is 7.11 Å². The number of aryl methyl sites for hydroxylation is 1. The van der Waals surface area contributed by atoms with Crippen LogP contribution in [0, 0.1) is 6.92 Å². The number of para-hydroxylation sites is 1. The molecule has 0 aliphatic carbocycles. The van der Waals surface area contributed by atoms with Crippen molar-refractivity contribution < 1.29 is 9.26 Å². The van der Waals surface area contributed by atoms with Gasteiger partial charge in [0, 0.05) is 6.07 Å². The molecular weight excluding hydrogens is 218 g/mol. The molecule has 0 radical (unpaired) electrons. The molecule has 5 heteroatoms. The predicted molar refractivity (Wildman–Crippen MR) is 66.0 cm³/mol. The molecule has 1 heterocycles. The molecule has 1 aromatic heterocycles. The number of anilines is 2. The van der Waals surface area contributed by atoms with Crippen LogP contribution in [0.25, 0.3) is 0 Å². The maximum Gasteiger partial charge on any atom is 0.143 e. The minimum atomic E-state index is 0.564. The van der Waals surface area contributed by atoms with E-state index in [2.05, 4.69) is 10.5 Å². The van der Waals surface area contributed by atoms with Crippen molar-refractivity contribution in [1.82, 2.24) is 5.16 Å². The first-order chi connectivity index (χ1) is 8.20. The fourth-order valence-electron chi connectivity index (χ4n) is 1.56. The Morgan fingerprint density at radius 2 is 2.29 bits per heavy atom. The van der Waals surface area contributed by atoms with E-state index >= 15 is 0 Å². The lowest BCUT2D eigenvalue weighted by Crippen LogP contribution is -2.03. The molecule has 0 aliphatic rings. The van der Waals surface area contributed by atoms with Crippen LogP contribution in [-0.4, -0.2) is 12.3 Å². The molecule has 0 atom stereocenters. The molecule has 0 bridgehead atoms. The lowest BCUT2D eigenvalue weighted by molar-refractivity contribution is 0.391. The summed E-state index contributed by atoms with van der Waals surface area (Å²) >= 11 is 0. The normalized spacial score (nSPS) is 10.2. The van der Waals surface area contributed by atoms with Crippen LogP contribution in [-0.2, 0) is 6.54 Å². The zero-order chi connectivity index (χ0) is 12.3. The summed E-state index contributed by atoms with van der Waals surface area (Å²) < 4.78 is 10.1. The molecular formula is C12H15N3O2. The molecule has 5 nitrogen and oxygen atoms in total. The van der Waals surface area contributed by atoms with Gasteiger partial charge in [-0.3, -0.25) is 0 Å². The minimum absolute atomic E-state index is 0.564. The highest BCUT2D eigenvalue weighted by atomic mass is 16.5. The van der Waals surface area contributed by atoms with Crippen molar-refractivity contribution >= 4 is 11.4 Å². The van der Waals surface area contributed by atoms with Gasteiger partial charge in [-0.1, -0.05) is 11.2 Å². The summed E-state index contributed by atoms with van der Waals surface area (Å²) in [4.78, 5) is 0. The maximum absolute atomic E-state index is 5.93. The predicted octanol–water partition coefficient (Wildman–Crippen LogP) is 2.19. The van der Waals surface area contributed by atoms with Crippen LogP contribution in [0.4, 0.5) is 11.4 Å². The first-order valence-electron chi connectivity index (χ1n) is 5.29. The van der Waals surface area contributed by atoms with Gasteiger partial charge < -0.3 is 20.3 Å². The quantitative estimate of drug-likeness (QED) is 0.792. The molecule has 3 N–H and O–H groups in total. The molecule has 0 aliphatic heterocycles. The third-order valence-electron chi connectivity index (χ3n) is 2.42. The van der Waals surface area contributed by atoms with E-state index < -0.39 is 0 Å². The summed E-state index contributed by atoms with van der Waals surface area (Å²) in [5.41, 5.74) is 8.19. The SMILES string of the molecule is COc1cccc(NCc2cc(C)on2)c1N. The maximum atomic E-state index is 5.93. The van der Waals surface area contributed by atoms with Crippen LogP contribution in [0.3, 0.4) is 0 Å². The van der Waals surface area contributed by atoms with Crippen molar-refractivity contribution in [2.24, 2.45) is 0 Å². The van der Waals surface area contributed by atoms with E-state index in [4.69, 9.17) is 15.0 Å². The zero-order valence-electron chi connectivity index (χ0n) is 9.86. The van der Waals surface area contributed by atoms with E-state index in [0.717, 1.165) is 17.1 Å². The number of nitrogens with two attached hydrogens (primary N) is 1. The molecule has 0 saturated carbocycles. The molecule has 0 unspecified atom stereocenters. The number of methoxy groups -OCH3 is 1. The van der Waals surface area contributed by atoms with Crippen molar-refractivity contribution in [2.75, 3.05) is 18.2 Å². The Bertz CT molecular complexity index is 508. The molecule has 90 valence electrons. The van der Waals surface area contributed by atoms with Gasteiger partial charge in [-0.25, -0.2) is 0 Å². The van der Waals surface area contributed by atoms with Gasteiger partial charge in [-0.15, -0.1) is 0 Å². The summed E-state index contributed by atoms with van der Waals surface area (Å²) in [5.74, 6) is 1.45. The lowest BCUT2D eigenvalue weighted by Gasteiger charge is -2.10. The minimum Gasteiger partial charge on any atom is -0.495 e. The van der Waals surface area contributed by atoms with Crippen LogP contribution in [0.1, 0.15) is 11.5 Å². The first-order valence-corrected chi connectivity index (χ1v) is 5.29.